The fourth-order valence-electron chi connectivity index (χ4n) is 3.10. The highest BCUT2D eigenvalue weighted by Gasteiger charge is 2.43. The van der Waals surface area contributed by atoms with Gasteiger partial charge in [-0.05, 0) is 99.8 Å². The van der Waals surface area contributed by atoms with E-state index in [2.05, 4.69) is 102 Å². The number of hydrogen-bond acceptors (Lipinski definition) is 3. The Bertz CT molecular complexity index is 807. The molecule has 2 fully saturated rings. The second-order valence-corrected chi connectivity index (χ2v) is 10.1. The Morgan fingerprint density at radius 3 is 1.44 bits per heavy atom. The molecule has 0 saturated carbocycles. The van der Waals surface area contributed by atoms with E-state index in [0.717, 1.165) is 29.0 Å². The Kier molecular flexibility index (Phi) is 6.20. The lowest BCUT2D eigenvalue weighted by molar-refractivity contribution is -0.0426. The van der Waals surface area contributed by atoms with Gasteiger partial charge in [-0.3, -0.25) is 0 Å². The van der Waals surface area contributed by atoms with Gasteiger partial charge < -0.3 is 14.2 Å². The summed E-state index contributed by atoms with van der Waals surface area (Å²) in [7, 11) is 0. The Balaban J connectivity index is 1.70. The van der Waals surface area contributed by atoms with Crippen LogP contribution in [0.4, 0.5) is 0 Å². The summed E-state index contributed by atoms with van der Waals surface area (Å²) in [5.41, 5.74) is 4.52. The maximum absolute atomic E-state index is 6.67. The third-order valence-electron chi connectivity index (χ3n) is 4.91. The summed E-state index contributed by atoms with van der Waals surface area (Å²) >= 11 is 14.8. The lowest BCUT2D eigenvalue weighted by atomic mass is 10.0. The second kappa shape index (κ2) is 8.17. The van der Waals surface area contributed by atoms with Crippen molar-refractivity contribution in [2.45, 2.75) is 38.3 Å². The average Bonchev–Trinajstić information content (AvgIpc) is 3.54. The minimum atomic E-state index is -0.169. The van der Waals surface area contributed by atoms with E-state index in [1.807, 2.05) is 0 Å². The first-order valence-corrected chi connectivity index (χ1v) is 11.8. The quantitative estimate of drug-likeness (QED) is 0.326. The molecule has 0 N–H and O–H groups in total. The number of ether oxygens (including phenoxy) is 3. The van der Waals surface area contributed by atoms with Crippen molar-refractivity contribution in [3.8, 4) is 0 Å². The molecule has 2 aliphatic heterocycles. The fraction of sp³-hybridized carbons (Fsp3) is 0.400. The van der Waals surface area contributed by atoms with Crippen LogP contribution in [0.25, 0.3) is 0 Å². The Hall–Kier alpha value is 0.240. The van der Waals surface area contributed by atoms with Crippen molar-refractivity contribution in [3.63, 3.8) is 0 Å². The van der Waals surface area contributed by atoms with E-state index < -0.39 is 0 Å². The van der Waals surface area contributed by atoms with E-state index >= 15 is 0 Å². The van der Waals surface area contributed by atoms with Crippen LogP contribution in [-0.2, 0) is 14.2 Å². The topological polar surface area (TPSA) is 34.3 Å². The van der Waals surface area contributed by atoms with Crippen LogP contribution in [0.1, 0.15) is 34.5 Å². The maximum atomic E-state index is 6.67. The van der Waals surface area contributed by atoms with Crippen LogP contribution < -0.4 is 0 Å². The highest BCUT2D eigenvalue weighted by atomic mass is 79.9. The molecular weight excluding hydrogens is 608 g/mol. The summed E-state index contributed by atoms with van der Waals surface area (Å²) in [5.74, 6) is 0. The fourth-order valence-corrected chi connectivity index (χ4v) is 5.17. The van der Waals surface area contributed by atoms with E-state index in [-0.39, 0.29) is 24.4 Å². The van der Waals surface area contributed by atoms with Crippen LogP contribution >= 0.6 is 63.7 Å². The zero-order valence-electron chi connectivity index (χ0n) is 14.8. The summed E-state index contributed by atoms with van der Waals surface area (Å²) in [6.45, 7) is 5.56. The van der Waals surface area contributed by atoms with Crippen LogP contribution in [-0.4, -0.2) is 25.4 Å². The van der Waals surface area contributed by atoms with Gasteiger partial charge in [0.15, 0.2) is 0 Å². The summed E-state index contributed by atoms with van der Waals surface area (Å²) in [6, 6.07) is 8.43. The third kappa shape index (κ3) is 4.25. The van der Waals surface area contributed by atoms with E-state index in [0.29, 0.717) is 13.2 Å². The molecule has 2 heterocycles. The van der Waals surface area contributed by atoms with Gasteiger partial charge in [0.1, 0.15) is 24.4 Å². The van der Waals surface area contributed by atoms with Gasteiger partial charge >= 0.3 is 0 Å². The van der Waals surface area contributed by atoms with Crippen LogP contribution in [0.15, 0.2) is 42.2 Å². The molecule has 2 aromatic rings. The molecule has 0 aromatic heterocycles. The number of halogens is 4. The predicted molar refractivity (Wildman–Crippen MR) is 119 cm³/mol. The standard InChI is InChI=1S/C20H18Br4O3/c1-9-3-5-11(17(23)15(9)21)19(13-7-25-13)27-20(14-8-26-14)12-6-4-10(2)16(22)18(12)24/h3-6,13-14,19-20H,7-8H2,1-2H3. The Morgan fingerprint density at radius 2 is 1.11 bits per heavy atom. The molecule has 0 radical (unpaired) electrons. The number of epoxide rings is 2. The molecule has 144 valence electrons. The van der Waals surface area contributed by atoms with Gasteiger partial charge in [-0.25, -0.2) is 0 Å². The van der Waals surface area contributed by atoms with Gasteiger partial charge in [0.05, 0.1) is 13.2 Å². The maximum Gasteiger partial charge on any atom is 0.113 e. The zero-order chi connectivity index (χ0) is 19.3. The first-order chi connectivity index (χ1) is 12.9. The average molecular weight is 626 g/mol. The highest BCUT2D eigenvalue weighted by Crippen LogP contribution is 2.46. The number of aryl methyl sites for hydroxylation is 2. The number of benzene rings is 2. The molecule has 2 aliphatic rings. The van der Waals surface area contributed by atoms with Gasteiger partial charge in [0.25, 0.3) is 0 Å². The smallest absolute Gasteiger partial charge is 0.113 e. The summed E-state index contributed by atoms with van der Waals surface area (Å²) < 4.78 is 22.1. The van der Waals surface area contributed by atoms with Gasteiger partial charge in [0, 0.05) is 17.9 Å². The lowest BCUT2D eigenvalue weighted by Gasteiger charge is -2.26. The molecule has 4 unspecified atom stereocenters. The Labute approximate surface area is 192 Å². The molecule has 0 amide bonds. The minimum absolute atomic E-state index is 0.0600. The summed E-state index contributed by atoms with van der Waals surface area (Å²) in [6.07, 6.45) is -0.218. The van der Waals surface area contributed by atoms with Gasteiger partial charge in [-0.1, -0.05) is 24.3 Å². The molecule has 4 rings (SSSR count). The number of hydrogen-bond donors (Lipinski definition) is 0. The first-order valence-electron chi connectivity index (χ1n) is 8.66. The minimum Gasteiger partial charge on any atom is -0.370 e. The molecule has 3 nitrogen and oxygen atoms in total. The van der Waals surface area contributed by atoms with Crippen molar-refractivity contribution in [1.82, 2.24) is 0 Å². The van der Waals surface area contributed by atoms with Gasteiger partial charge in [-0.2, -0.15) is 0 Å². The molecule has 0 bridgehead atoms. The van der Waals surface area contributed by atoms with Crippen LogP contribution in [0.3, 0.4) is 0 Å². The van der Waals surface area contributed by atoms with Crippen molar-refractivity contribution in [1.29, 1.82) is 0 Å². The van der Waals surface area contributed by atoms with Crippen molar-refractivity contribution >= 4 is 63.7 Å². The molecule has 27 heavy (non-hydrogen) atoms. The number of rotatable bonds is 6. The predicted octanol–water partition coefficient (Wildman–Crippen LogP) is 6.95. The van der Waals surface area contributed by atoms with Gasteiger partial charge in [-0.15, -0.1) is 0 Å². The SMILES string of the molecule is Cc1ccc(C(OC(c2ccc(C)c(Br)c2Br)C2CO2)C2CO2)c(Br)c1Br. The molecule has 4 atom stereocenters. The van der Waals surface area contributed by atoms with Gasteiger partial charge in [0.2, 0.25) is 0 Å². The summed E-state index contributed by atoms with van der Waals surface area (Å²) in [4.78, 5) is 0. The van der Waals surface area contributed by atoms with E-state index in [1.165, 1.54) is 11.1 Å². The van der Waals surface area contributed by atoms with Crippen molar-refractivity contribution < 1.29 is 14.2 Å². The normalized spacial score (nSPS) is 23.2. The van der Waals surface area contributed by atoms with E-state index in [9.17, 15) is 0 Å². The van der Waals surface area contributed by atoms with E-state index in [4.69, 9.17) is 14.2 Å². The highest BCUT2D eigenvalue weighted by molar-refractivity contribution is 9.13. The third-order valence-corrected chi connectivity index (χ3v) is 9.73. The van der Waals surface area contributed by atoms with E-state index in [1.54, 1.807) is 0 Å². The van der Waals surface area contributed by atoms with Crippen LogP contribution in [0.2, 0.25) is 0 Å². The second-order valence-electron chi connectivity index (χ2n) is 6.92. The molecule has 2 aromatic carbocycles. The van der Waals surface area contributed by atoms with Crippen molar-refractivity contribution in [2.24, 2.45) is 0 Å². The molecule has 0 aliphatic carbocycles. The molecular formula is C20H18Br4O3. The first kappa shape index (κ1) is 20.5. The van der Waals surface area contributed by atoms with Crippen molar-refractivity contribution in [2.75, 3.05) is 13.2 Å². The van der Waals surface area contributed by atoms with Crippen LogP contribution in [0.5, 0.6) is 0 Å². The van der Waals surface area contributed by atoms with Crippen LogP contribution in [0, 0.1) is 13.8 Å². The largest absolute Gasteiger partial charge is 0.370 e. The molecule has 0 spiro atoms. The molecule has 2 saturated heterocycles. The monoisotopic (exact) mass is 622 g/mol. The lowest BCUT2D eigenvalue weighted by Crippen LogP contribution is -2.20. The Morgan fingerprint density at radius 1 is 0.741 bits per heavy atom. The van der Waals surface area contributed by atoms with Crippen molar-refractivity contribution in [3.05, 3.63) is 64.4 Å². The summed E-state index contributed by atoms with van der Waals surface area (Å²) in [5, 5.41) is 0. The molecule has 7 heteroatoms. The zero-order valence-corrected chi connectivity index (χ0v) is 21.1.